The summed E-state index contributed by atoms with van der Waals surface area (Å²) in [6.45, 7) is 6.01. The van der Waals surface area contributed by atoms with E-state index in [0.717, 1.165) is 37.1 Å². The van der Waals surface area contributed by atoms with Gasteiger partial charge in [0.25, 0.3) is 0 Å². The Labute approximate surface area is 253 Å². The molecule has 5 heterocycles. The molecule has 3 aliphatic heterocycles. The summed E-state index contributed by atoms with van der Waals surface area (Å²) >= 11 is 1.45. The van der Waals surface area contributed by atoms with E-state index in [4.69, 9.17) is 9.72 Å². The Morgan fingerprint density at radius 3 is 2.86 bits per heavy atom. The summed E-state index contributed by atoms with van der Waals surface area (Å²) in [6, 6.07) is 4.99. The van der Waals surface area contributed by atoms with Gasteiger partial charge in [-0.05, 0) is 68.8 Å². The first-order chi connectivity index (χ1) is 20.9. The maximum Gasteiger partial charge on any atom is 0.319 e. The molecule has 2 atom stereocenters. The van der Waals surface area contributed by atoms with Gasteiger partial charge in [-0.25, -0.2) is 8.78 Å². The zero-order chi connectivity index (χ0) is 30.1. The predicted molar refractivity (Wildman–Crippen MR) is 161 cm³/mol. The molecule has 6 rings (SSSR count). The lowest BCUT2D eigenvalue weighted by atomic mass is 9.98. The molecule has 2 fully saturated rings. The highest BCUT2D eigenvalue weighted by Crippen LogP contribution is 2.40. The Kier molecular flexibility index (Phi) is 8.45. The molecule has 0 N–H and O–H groups in total. The minimum atomic E-state index is -0.623. The van der Waals surface area contributed by atoms with Gasteiger partial charge < -0.3 is 19.4 Å². The second kappa shape index (κ2) is 12.4. The highest BCUT2D eigenvalue weighted by atomic mass is 32.2. The number of pyridine rings is 1. The van der Waals surface area contributed by atoms with Gasteiger partial charge in [-0.1, -0.05) is 6.58 Å². The first kappa shape index (κ1) is 29.3. The van der Waals surface area contributed by atoms with E-state index in [1.165, 1.54) is 23.9 Å². The summed E-state index contributed by atoms with van der Waals surface area (Å²) in [4.78, 5) is 32.6. The van der Waals surface area contributed by atoms with E-state index in [1.54, 1.807) is 17.2 Å². The molecule has 9 nitrogen and oxygen atoms in total. The molecule has 0 unspecified atom stereocenters. The van der Waals surface area contributed by atoms with Crippen LogP contribution < -0.4 is 9.64 Å². The van der Waals surface area contributed by atoms with Crippen LogP contribution in [0.5, 0.6) is 6.01 Å². The van der Waals surface area contributed by atoms with Gasteiger partial charge in [0, 0.05) is 42.3 Å². The van der Waals surface area contributed by atoms with Crippen molar-refractivity contribution < 1.29 is 18.3 Å². The summed E-state index contributed by atoms with van der Waals surface area (Å²) in [5.74, 6) is 0.0796. The average molecular weight is 606 g/mol. The van der Waals surface area contributed by atoms with E-state index in [9.17, 15) is 14.4 Å². The number of anilines is 1. The maximum absolute atomic E-state index is 16.5. The van der Waals surface area contributed by atoms with Crippen molar-refractivity contribution in [2.45, 2.75) is 49.1 Å². The molecule has 0 bridgehead atoms. The number of amides is 1. The summed E-state index contributed by atoms with van der Waals surface area (Å²) in [5, 5.41) is 9.87. The molecule has 0 saturated carbocycles. The number of likely N-dealkylation sites (tertiary alicyclic amines) is 1. The van der Waals surface area contributed by atoms with Crippen molar-refractivity contribution in [3.8, 4) is 23.3 Å². The van der Waals surface area contributed by atoms with E-state index in [0.29, 0.717) is 54.3 Å². The quantitative estimate of drug-likeness (QED) is 0.358. The van der Waals surface area contributed by atoms with E-state index in [2.05, 4.69) is 27.5 Å². The molecule has 1 amide bonds. The molecule has 3 aromatic rings. The lowest BCUT2D eigenvalue weighted by molar-refractivity contribution is -0.128. The molecular weight excluding hydrogens is 572 g/mol. The number of carbonyl (C=O) groups is 1. The third-order valence-corrected chi connectivity index (χ3v) is 9.79. The van der Waals surface area contributed by atoms with Crippen molar-refractivity contribution in [1.29, 1.82) is 5.26 Å². The minimum absolute atomic E-state index is 0.0528. The second-order valence-electron chi connectivity index (χ2n) is 11.2. The topological polar surface area (TPSA) is 98.5 Å². The van der Waals surface area contributed by atoms with Gasteiger partial charge in [0.15, 0.2) is 5.82 Å². The number of hydrogen-bond donors (Lipinski definition) is 0. The molecule has 224 valence electrons. The number of carbonyl (C=O) groups excluding carboxylic acids is 1. The third kappa shape index (κ3) is 5.63. The van der Waals surface area contributed by atoms with Crippen molar-refractivity contribution in [1.82, 2.24) is 24.8 Å². The van der Waals surface area contributed by atoms with E-state index < -0.39 is 11.9 Å². The number of fused-ring (bicyclic) bond motifs is 2. The van der Waals surface area contributed by atoms with E-state index >= 15 is 4.39 Å². The maximum atomic E-state index is 16.5. The Bertz CT molecular complexity index is 1610. The first-order valence-corrected chi connectivity index (χ1v) is 15.6. The second-order valence-corrected chi connectivity index (χ2v) is 12.3. The number of hydrogen-bond acceptors (Lipinski definition) is 9. The molecular formula is C31H33F2N7O2S. The normalized spacial score (nSPS) is 20.6. The van der Waals surface area contributed by atoms with Crippen molar-refractivity contribution in [3.63, 3.8) is 0 Å². The zero-order valence-electron chi connectivity index (χ0n) is 24.1. The van der Waals surface area contributed by atoms with Crippen LogP contribution in [-0.4, -0.2) is 88.3 Å². The van der Waals surface area contributed by atoms with Gasteiger partial charge in [-0.2, -0.15) is 15.2 Å². The molecule has 2 aromatic heterocycles. The lowest BCUT2D eigenvalue weighted by Gasteiger charge is -2.41. The zero-order valence-corrected chi connectivity index (χ0v) is 24.9. The third-order valence-electron chi connectivity index (χ3n) is 8.57. The number of thioether (sulfide) groups is 1. The SMILES string of the molecule is C=CC(=O)N1CCN(c2nc(OC[C@@H]3CCCN3C)nc3c(F)c(-c4ccc(F)c5c4CCCS5)ncc23)C[C@@H]1CC#N. The fraction of sp³-hybridized carbons (Fsp3) is 0.452. The molecule has 0 aliphatic carbocycles. The predicted octanol–water partition coefficient (Wildman–Crippen LogP) is 4.60. The number of aromatic nitrogens is 3. The van der Waals surface area contributed by atoms with Crippen LogP contribution >= 0.6 is 11.8 Å². The van der Waals surface area contributed by atoms with Crippen LogP contribution in [-0.2, 0) is 11.2 Å². The van der Waals surface area contributed by atoms with Gasteiger partial charge >= 0.3 is 6.01 Å². The van der Waals surface area contributed by atoms with E-state index in [1.807, 2.05) is 11.9 Å². The number of nitrogens with zero attached hydrogens (tertiary/aromatic N) is 7. The standard InChI is InChI=1S/C31H33F2N7O2S/c1-3-25(41)40-14-13-39(17-19(40)10-11-34)30-23-16-35-27(21-8-9-24(32)29-22(21)7-5-15-43-29)26(33)28(23)36-31(37-30)42-18-20-6-4-12-38(20)2/h3,8-9,16,19-20H,1,4-7,10,12-15,17-18H2,2H3/t19-,20-/m0/s1. The average Bonchev–Trinajstić information content (AvgIpc) is 3.44. The summed E-state index contributed by atoms with van der Waals surface area (Å²) in [5.41, 5.74) is 1.50. The Morgan fingerprint density at radius 1 is 1.23 bits per heavy atom. The monoisotopic (exact) mass is 605 g/mol. The molecule has 43 heavy (non-hydrogen) atoms. The van der Waals surface area contributed by atoms with Crippen LogP contribution in [0.2, 0.25) is 0 Å². The number of halogens is 2. The summed E-state index contributed by atoms with van der Waals surface area (Å²) in [7, 11) is 2.05. The van der Waals surface area contributed by atoms with Gasteiger partial charge in [0.1, 0.15) is 29.5 Å². The number of ether oxygens (including phenoxy) is 1. The summed E-state index contributed by atoms with van der Waals surface area (Å²) in [6.07, 6.45) is 6.51. The van der Waals surface area contributed by atoms with Gasteiger partial charge in [-0.15, -0.1) is 11.8 Å². The fourth-order valence-corrected chi connectivity index (χ4v) is 7.34. The highest BCUT2D eigenvalue weighted by Gasteiger charge is 2.32. The molecule has 12 heteroatoms. The number of piperazine rings is 1. The number of nitriles is 1. The highest BCUT2D eigenvalue weighted by molar-refractivity contribution is 7.99. The Hall–Kier alpha value is -3.82. The molecule has 0 spiro atoms. The van der Waals surface area contributed by atoms with Crippen LogP contribution in [0.3, 0.4) is 0 Å². The largest absolute Gasteiger partial charge is 0.462 e. The van der Waals surface area contributed by atoms with Gasteiger partial charge in [-0.3, -0.25) is 9.78 Å². The molecule has 3 aliphatic rings. The van der Waals surface area contributed by atoms with Crippen LogP contribution in [0.4, 0.5) is 14.6 Å². The first-order valence-electron chi connectivity index (χ1n) is 14.6. The fourth-order valence-electron chi connectivity index (χ4n) is 6.26. The van der Waals surface area contributed by atoms with Crippen LogP contribution in [0.15, 0.2) is 35.9 Å². The number of benzene rings is 1. The van der Waals surface area contributed by atoms with Crippen molar-refractivity contribution in [3.05, 3.63) is 48.2 Å². The van der Waals surface area contributed by atoms with Gasteiger partial charge in [0.2, 0.25) is 5.91 Å². The Morgan fingerprint density at radius 2 is 2.09 bits per heavy atom. The van der Waals surface area contributed by atoms with Crippen LogP contribution in [0, 0.1) is 23.0 Å². The minimum Gasteiger partial charge on any atom is -0.462 e. The van der Waals surface area contributed by atoms with Gasteiger partial charge in [0.05, 0.1) is 23.9 Å². The lowest BCUT2D eigenvalue weighted by Crippen LogP contribution is -2.55. The molecule has 0 radical (unpaired) electrons. The van der Waals surface area contributed by atoms with Crippen molar-refractivity contribution in [2.75, 3.05) is 50.5 Å². The Balaban J connectivity index is 1.43. The van der Waals surface area contributed by atoms with Crippen LogP contribution in [0.25, 0.3) is 22.2 Å². The van der Waals surface area contributed by atoms with Crippen molar-refractivity contribution in [2.24, 2.45) is 0 Å². The number of likely N-dealkylation sites (N-methyl/N-ethyl adjacent to an activating group) is 1. The molecule has 1 aromatic carbocycles. The summed E-state index contributed by atoms with van der Waals surface area (Å²) < 4.78 is 37.2. The number of rotatable bonds is 7. The van der Waals surface area contributed by atoms with Crippen LogP contribution in [0.1, 0.15) is 31.2 Å². The smallest absolute Gasteiger partial charge is 0.319 e. The van der Waals surface area contributed by atoms with E-state index in [-0.39, 0.29) is 41.4 Å². The molecule has 2 saturated heterocycles. The van der Waals surface area contributed by atoms with Crippen molar-refractivity contribution >= 4 is 34.4 Å².